The summed E-state index contributed by atoms with van der Waals surface area (Å²) in [4.78, 5) is 9.04. The van der Waals surface area contributed by atoms with Gasteiger partial charge in [-0.1, -0.05) is 48.6 Å². The van der Waals surface area contributed by atoms with E-state index in [1.807, 2.05) is 43.3 Å². The molecule has 0 amide bonds. The van der Waals surface area contributed by atoms with Gasteiger partial charge in [-0.15, -0.1) is 6.58 Å². The third-order valence-corrected chi connectivity index (χ3v) is 5.82. The van der Waals surface area contributed by atoms with Crippen LogP contribution in [-0.2, 0) is 10.0 Å². The van der Waals surface area contributed by atoms with Gasteiger partial charge >= 0.3 is 0 Å². The smallest absolute Gasteiger partial charge is 0.257 e. The van der Waals surface area contributed by atoms with Gasteiger partial charge in [-0.05, 0) is 38.0 Å². The molecule has 3 rings (SSSR count). The number of hydrogen-bond acceptors (Lipinski definition) is 4. The molecular formula is C23H23N3O2S. The standard InChI is InChI=1S/C23H23N3O2S/c1-17(2)13-14-18(3)29(27,28)26-22-12-5-4-11-21(22)25-16-20-9-6-8-19-10-7-15-24-23(19)20/h4-12,15-16,26H,1,3,13-14H2,2H3. The topological polar surface area (TPSA) is 71.4 Å². The molecule has 0 aliphatic carbocycles. The fraction of sp³-hybridized carbons (Fsp3) is 0.130. The minimum atomic E-state index is -3.72. The van der Waals surface area contributed by atoms with Crippen LogP contribution in [0.1, 0.15) is 25.3 Å². The first-order valence-electron chi connectivity index (χ1n) is 9.18. The highest BCUT2D eigenvalue weighted by Crippen LogP contribution is 2.28. The number of nitrogens with zero attached hydrogens (tertiary/aromatic N) is 2. The maximum absolute atomic E-state index is 12.6. The normalized spacial score (nSPS) is 11.6. The van der Waals surface area contributed by atoms with Gasteiger partial charge in [-0.2, -0.15) is 0 Å². The summed E-state index contributed by atoms with van der Waals surface area (Å²) in [5.74, 6) is 0. The molecule has 1 N–H and O–H groups in total. The van der Waals surface area contributed by atoms with Crippen molar-refractivity contribution in [3.05, 3.63) is 90.0 Å². The Morgan fingerprint density at radius 2 is 1.83 bits per heavy atom. The number of benzene rings is 2. The number of aliphatic imine (C=N–C) groups is 1. The number of fused-ring (bicyclic) bond motifs is 1. The number of nitrogens with one attached hydrogen (secondary N) is 1. The van der Waals surface area contributed by atoms with E-state index in [9.17, 15) is 8.42 Å². The summed E-state index contributed by atoms with van der Waals surface area (Å²) in [5, 5.41) is 1.01. The first-order chi connectivity index (χ1) is 13.9. The van der Waals surface area contributed by atoms with Crippen molar-refractivity contribution in [2.75, 3.05) is 4.72 Å². The number of para-hydroxylation sites is 3. The van der Waals surface area contributed by atoms with Crippen molar-refractivity contribution in [2.24, 2.45) is 4.99 Å². The highest BCUT2D eigenvalue weighted by atomic mass is 32.2. The summed E-state index contributed by atoms with van der Waals surface area (Å²) in [6.45, 7) is 9.38. The second-order valence-corrected chi connectivity index (χ2v) is 8.59. The molecule has 0 bridgehead atoms. The zero-order valence-corrected chi connectivity index (χ0v) is 17.1. The lowest BCUT2D eigenvalue weighted by molar-refractivity contribution is 0.605. The summed E-state index contributed by atoms with van der Waals surface area (Å²) < 4.78 is 27.8. The van der Waals surface area contributed by atoms with Gasteiger partial charge in [-0.25, -0.2) is 8.42 Å². The van der Waals surface area contributed by atoms with E-state index in [0.717, 1.165) is 22.0 Å². The van der Waals surface area contributed by atoms with Gasteiger partial charge in [0.05, 0.1) is 21.8 Å². The molecule has 6 heteroatoms. The Morgan fingerprint density at radius 1 is 1.07 bits per heavy atom. The lowest BCUT2D eigenvalue weighted by atomic mass is 10.1. The summed E-state index contributed by atoms with van der Waals surface area (Å²) in [6.07, 6.45) is 4.34. The predicted molar refractivity (Wildman–Crippen MR) is 121 cm³/mol. The molecular weight excluding hydrogens is 382 g/mol. The Bertz CT molecular complexity index is 1190. The van der Waals surface area contributed by atoms with Crippen molar-refractivity contribution in [1.82, 2.24) is 4.98 Å². The first kappa shape index (κ1) is 20.5. The number of aromatic nitrogens is 1. The van der Waals surface area contributed by atoms with Gasteiger partial charge in [0, 0.05) is 23.4 Å². The van der Waals surface area contributed by atoms with Crippen molar-refractivity contribution >= 4 is 38.5 Å². The number of sulfonamides is 1. The van der Waals surface area contributed by atoms with Crippen molar-refractivity contribution in [2.45, 2.75) is 19.8 Å². The Labute approximate surface area is 171 Å². The largest absolute Gasteiger partial charge is 0.278 e. The monoisotopic (exact) mass is 405 g/mol. The molecule has 1 aromatic heterocycles. The fourth-order valence-electron chi connectivity index (χ4n) is 2.75. The second-order valence-electron chi connectivity index (χ2n) is 6.80. The van der Waals surface area contributed by atoms with E-state index in [0.29, 0.717) is 24.2 Å². The molecule has 1 heterocycles. The molecule has 148 valence electrons. The molecule has 0 unspecified atom stereocenters. The van der Waals surface area contributed by atoms with Gasteiger partial charge in [0.15, 0.2) is 0 Å². The van der Waals surface area contributed by atoms with Crippen LogP contribution in [0.5, 0.6) is 0 Å². The highest BCUT2D eigenvalue weighted by Gasteiger charge is 2.16. The number of hydrogen-bond donors (Lipinski definition) is 1. The van der Waals surface area contributed by atoms with Crippen LogP contribution in [0.15, 0.2) is 89.4 Å². The molecule has 0 saturated carbocycles. The van der Waals surface area contributed by atoms with Crippen LogP contribution in [-0.4, -0.2) is 19.6 Å². The molecule has 29 heavy (non-hydrogen) atoms. The maximum Gasteiger partial charge on any atom is 0.257 e. The van der Waals surface area contributed by atoms with Crippen molar-refractivity contribution in [1.29, 1.82) is 0 Å². The van der Waals surface area contributed by atoms with E-state index >= 15 is 0 Å². The Balaban J connectivity index is 1.86. The minimum Gasteiger partial charge on any atom is -0.278 e. The number of rotatable bonds is 8. The summed E-state index contributed by atoms with van der Waals surface area (Å²) in [6, 6.07) is 16.7. The van der Waals surface area contributed by atoms with Gasteiger partial charge in [0.2, 0.25) is 0 Å². The van der Waals surface area contributed by atoms with E-state index in [-0.39, 0.29) is 4.91 Å². The molecule has 2 aromatic carbocycles. The lowest BCUT2D eigenvalue weighted by Gasteiger charge is -2.12. The fourth-order valence-corrected chi connectivity index (χ4v) is 3.72. The van der Waals surface area contributed by atoms with E-state index in [4.69, 9.17) is 0 Å². The van der Waals surface area contributed by atoms with Crippen LogP contribution in [0.3, 0.4) is 0 Å². The lowest BCUT2D eigenvalue weighted by Crippen LogP contribution is -2.14. The molecule has 0 radical (unpaired) electrons. The van der Waals surface area contributed by atoms with Crippen LogP contribution in [0.25, 0.3) is 10.9 Å². The van der Waals surface area contributed by atoms with Gasteiger partial charge in [0.25, 0.3) is 10.0 Å². The molecule has 0 atom stereocenters. The van der Waals surface area contributed by atoms with E-state index in [1.165, 1.54) is 0 Å². The van der Waals surface area contributed by atoms with Gasteiger partial charge < -0.3 is 0 Å². The Morgan fingerprint density at radius 3 is 2.62 bits per heavy atom. The molecule has 0 aliphatic heterocycles. The third-order valence-electron chi connectivity index (χ3n) is 4.37. The summed E-state index contributed by atoms with van der Waals surface area (Å²) >= 11 is 0. The molecule has 0 saturated heterocycles. The minimum absolute atomic E-state index is 0.123. The van der Waals surface area contributed by atoms with Crippen molar-refractivity contribution in [3.8, 4) is 0 Å². The predicted octanol–water partition coefficient (Wildman–Crippen LogP) is 5.60. The second kappa shape index (κ2) is 8.84. The zero-order valence-electron chi connectivity index (χ0n) is 16.3. The molecule has 0 aliphatic rings. The van der Waals surface area contributed by atoms with E-state index in [1.54, 1.807) is 30.6 Å². The van der Waals surface area contributed by atoms with Gasteiger partial charge in [0.1, 0.15) is 0 Å². The molecule has 3 aromatic rings. The first-order valence-corrected chi connectivity index (χ1v) is 10.7. The van der Waals surface area contributed by atoms with Crippen molar-refractivity contribution in [3.63, 3.8) is 0 Å². The third kappa shape index (κ3) is 5.18. The summed E-state index contributed by atoms with van der Waals surface area (Å²) in [5.41, 5.74) is 3.51. The van der Waals surface area contributed by atoms with Crippen LogP contribution in [0.2, 0.25) is 0 Å². The van der Waals surface area contributed by atoms with Gasteiger partial charge in [-0.3, -0.25) is 14.7 Å². The maximum atomic E-state index is 12.6. The molecule has 0 spiro atoms. The molecule has 0 fully saturated rings. The number of pyridine rings is 1. The van der Waals surface area contributed by atoms with E-state index in [2.05, 4.69) is 27.9 Å². The number of anilines is 1. The average molecular weight is 406 g/mol. The van der Waals surface area contributed by atoms with Crippen LogP contribution in [0, 0.1) is 0 Å². The van der Waals surface area contributed by atoms with Crippen LogP contribution in [0.4, 0.5) is 11.4 Å². The van der Waals surface area contributed by atoms with Crippen LogP contribution < -0.4 is 4.72 Å². The van der Waals surface area contributed by atoms with Crippen LogP contribution >= 0.6 is 0 Å². The number of allylic oxidation sites excluding steroid dienone is 2. The average Bonchev–Trinajstić information content (AvgIpc) is 2.71. The highest BCUT2D eigenvalue weighted by molar-refractivity contribution is 7.96. The quantitative estimate of drug-likeness (QED) is 0.392. The summed E-state index contributed by atoms with van der Waals surface area (Å²) in [7, 11) is -3.72. The Hall–Kier alpha value is -3.25. The van der Waals surface area contributed by atoms with Crippen molar-refractivity contribution < 1.29 is 8.42 Å². The zero-order chi connectivity index (χ0) is 20.9. The SMILES string of the molecule is C=C(C)CCC(=C)S(=O)(=O)Nc1ccccc1N=Cc1cccc2cccnc12. The molecule has 5 nitrogen and oxygen atoms in total. The van der Waals surface area contributed by atoms with E-state index < -0.39 is 10.0 Å². The Kier molecular flexibility index (Phi) is 6.24.